The molecule has 0 spiro atoms. The van der Waals surface area contributed by atoms with E-state index in [4.69, 9.17) is 9.98 Å². The summed E-state index contributed by atoms with van der Waals surface area (Å²) in [4.78, 5) is 12.9. The number of nitrogens with zero attached hydrogens (tertiary/aromatic N) is 4. The summed E-state index contributed by atoms with van der Waals surface area (Å²) in [5.41, 5.74) is 12.3. The number of anilines is 2. The highest BCUT2D eigenvalue weighted by molar-refractivity contribution is 6.10. The Labute approximate surface area is 255 Å². The summed E-state index contributed by atoms with van der Waals surface area (Å²) in [5.74, 6) is 0. The van der Waals surface area contributed by atoms with Gasteiger partial charge in [0.05, 0.1) is 34.0 Å². The van der Waals surface area contributed by atoms with Crippen molar-refractivity contribution >= 4 is 39.0 Å². The average molecular weight is 565 g/mol. The molecule has 0 bridgehead atoms. The fraction of sp³-hybridized carbons (Fsp3) is 0.0500. The van der Waals surface area contributed by atoms with Gasteiger partial charge in [-0.05, 0) is 54.1 Å². The van der Waals surface area contributed by atoms with Crippen LogP contribution in [0.3, 0.4) is 0 Å². The maximum absolute atomic E-state index is 5.29. The first-order chi connectivity index (χ1) is 21.8. The highest BCUT2D eigenvalue weighted by atomic mass is 15.2. The van der Waals surface area contributed by atoms with Crippen LogP contribution < -0.4 is 4.90 Å². The van der Waals surface area contributed by atoms with Gasteiger partial charge in [-0.25, -0.2) is 4.98 Å². The number of pyridine rings is 1. The Morgan fingerprint density at radius 1 is 0.568 bits per heavy atom. The molecule has 2 aromatic heterocycles. The summed E-state index contributed by atoms with van der Waals surface area (Å²) < 4.78 is 2.35. The minimum Gasteiger partial charge on any atom is -0.332 e. The van der Waals surface area contributed by atoms with Crippen molar-refractivity contribution in [3.63, 3.8) is 0 Å². The number of hydrogen-bond acceptors (Lipinski definition) is 3. The first-order valence-corrected chi connectivity index (χ1v) is 15.1. The summed E-state index contributed by atoms with van der Waals surface area (Å²) >= 11 is 0. The minimum atomic E-state index is 0.0314. The van der Waals surface area contributed by atoms with Crippen LogP contribution in [0.25, 0.3) is 38.9 Å². The van der Waals surface area contributed by atoms with E-state index in [1.54, 1.807) is 0 Å². The van der Waals surface area contributed by atoms with Crippen molar-refractivity contribution < 1.29 is 0 Å². The molecule has 0 saturated heterocycles. The van der Waals surface area contributed by atoms with Crippen LogP contribution in [0.1, 0.15) is 17.2 Å². The van der Waals surface area contributed by atoms with Crippen LogP contribution in [0.2, 0.25) is 0 Å². The van der Waals surface area contributed by atoms with Crippen LogP contribution in [0.15, 0.2) is 163 Å². The maximum Gasteiger partial charge on any atom is 0.102 e. The second-order valence-corrected chi connectivity index (χ2v) is 11.4. The standard InChI is InChI=1S/C40H28N4/c1-3-12-27(13-4-1)33-22-24-37-39(41-33)31-18-7-9-20-35(31)43(37)29-16-11-17-30(26-29)44-36-21-10-8-19-32(36)40-38(44)25-23-34(42-40)28-14-5-2-6-15-28/h1-26,37,39H. The van der Waals surface area contributed by atoms with Crippen molar-refractivity contribution in [2.75, 3.05) is 4.90 Å². The SMILES string of the molecule is C1=CC2C(N=C1c1ccccc1)c1ccccc1N2c1cccc(-n2c3ccccc3c3nc(-c4ccccc4)ccc32)c1. The number of para-hydroxylation sites is 2. The molecule has 0 N–H and O–H groups in total. The van der Waals surface area contributed by atoms with Crippen molar-refractivity contribution in [3.8, 4) is 16.9 Å². The number of rotatable bonds is 4. The summed E-state index contributed by atoms with van der Waals surface area (Å²) in [7, 11) is 0. The van der Waals surface area contributed by atoms with Crippen LogP contribution in [0.5, 0.6) is 0 Å². The van der Waals surface area contributed by atoms with Gasteiger partial charge in [-0.3, -0.25) is 4.99 Å². The van der Waals surface area contributed by atoms with E-state index in [1.807, 2.05) is 6.07 Å². The van der Waals surface area contributed by atoms with Gasteiger partial charge in [0.1, 0.15) is 6.04 Å². The van der Waals surface area contributed by atoms with Crippen LogP contribution in [0, 0.1) is 0 Å². The predicted molar refractivity (Wildman–Crippen MR) is 181 cm³/mol. The van der Waals surface area contributed by atoms with E-state index in [1.165, 1.54) is 11.3 Å². The van der Waals surface area contributed by atoms with Crippen molar-refractivity contribution in [1.29, 1.82) is 0 Å². The Morgan fingerprint density at radius 2 is 1.30 bits per heavy atom. The third-order valence-corrected chi connectivity index (χ3v) is 8.89. The molecule has 4 heterocycles. The monoisotopic (exact) mass is 564 g/mol. The second-order valence-electron chi connectivity index (χ2n) is 11.4. The maximum atomic E-state index is 5.29. The van der Waals surface area contributed by atoms with E-state index in [-0.39, 0.29) is 12.1 Å². The van der Waals surface area contributed by atoms with E-state index >= 15 is 0 Å². The molecular weight excluding hydrogens is 536 g/mol. The molecule has 2 unspecified atom stereocenters. The number of allylic oxidation sites excluding steroid dienone is 1. The van der Waals surface area contributed by atoms with Gasteiger partial charge in [0.15, 0.2) is 0 Å². The third-order valence-electron chi connectivity index (χ3n) is 8.89. The number of benzene rings is 5. The van der Waals surface area contributed by atoms with E-state index in [0.717, 1.165) is 55.8 Å². The summed E-state index contributed by atoms with van der Waals surface area (Å²) in [6, 6.07) is 51.5. The highest BCUT2D eigenvalue weighted by Crippen LogP contribution is 2.48. The Hall–Kier alpha value is -5.74. The lowest BCUT2D eigenvalue weighted by Gasteiger charge is -2.29. The topological polar surface area (TPSA) is 33.4 Å². The Kier molecular flexibility index (Phi) is 5.60. The number of hydrogen-bond donors (Lipinski definition) is 0. The smallest absolute Gasteiger partial charge is 0.102 e. The number of dihydropyridines is 1. The van der Waals surface area contributed by atoms with Gasteiger partial charge in [-0.15, -0.1) is 0 Å². The first kappa shape index (κ1) is 24.8. The molecule has 0 saturated carbocycles. The van der Waals surface area contributed by atoms with Crippen LogP contribution in [0.4, 0.5) is 11.4 Å². The fourth-order valence-electron chi connectivity index (χ4n) is 6.91. The lowest BCUT2D eigenvalue weighted by Crippen LogP contribution is -2.30. The quantitative estimate of drug-likeness (QED) is 0.213. The molecule has 0 radical (unpaired) electrons. The second kappa shape index (κ2) is 9.92. The van der Waals surface area contributed by atoms with Gasteiger partial charge < -0.3 is 9.47 Å². The molecule has 5 aromatic carbocycles. The van der Waals surface area contributed by atoms with Crippen LogP contribution >= 0.6 is 0 Å². The predicted octanol–water partition coefficient (Wildman–Crippen LogP) is 9.47. The molecule has 208 valence electrons. The van der Waals surface area contributed by atoms with Crippen molar-refractivity contribution in [2.24, 2.45) is 4.99 Å². The van der Waals surface area contributed by atoms with Gasteiger partial charge in [-0.1, -0.05) is 109 Å². The Morgan fingerprint density at radius 3 is 2.16 bits per heavy atom. The summed E-state index contributed by atoms with van der Waals surface area (Å²) in [6.07, 6.45) is 4.50. The molecule has 0 fully saturated rings. The van der Waals surface area contributed by atoms with E-state index in [2.05, 4.69) is 161 Å². The van der Waals surface area contributed by atoms with Gasteiger partial charge in [0.2, 0.25) is 0 Å². The number of aromatic nitrogens is 2. The first-order valence-electron chi connectivity index (χ1n) is 15.1. The van der Waals surface area contributed by atoms with Gasteiger partial charge in [0, 0.05) is 33.6 Å². The minimum absolute atomic E-state index is 0.0314. The van der Waals surface area contributed by atoms with Crippen molar-refractivity contribution in [2.45, 2.75) is 12.1 Å². The van der Waals surface area contributed by atoms with Crippen molar-refractivity contribution in [1.82, 2.24) is 9.55 Å². The Bertz CT molecular complexity index is 2240. The van der Waals surface area contributed by atoms with Gasteiger partial charge >= 0.3 is 0 Å². The highest BCUT2D eigenvalue weighted by Gasteiger charge is 2.39. The summed E-state index contributed by atoms with van der Waals surface area (Å²) in [6.45, 7) is 0. The molecule has 0 amide bonds. The molecular formula is C40H28N4. The molecule has 2 aliphatic rings. The van der Waals surface area contributed by atoms with Crippen LogP contribution in [-0.4, -0.2) is 21.3 Å². The molecule has 7 aromatic rings. The molecule has 9 rings (SSSR count). The van der Waals surface area contributed by atoms with E-state index in [9.17, 15) is 0 Å². The third kappa shape index (κ3) is 3.85. The fourth-order valence-corrected chi connectivity index (χ4v) is 6.91. The normalized spacial score (nSPS) is 17.1. The zero-order chi connectivity index (χ0) is 29.0. The zero-order valence-corrected chi connectivity index (χ0v) is 24.0. The largest absolute Gasteiger partial charge is 0.332 e. The lowest BCUT2D eigenvalue weighted by molar-refractivity contribution is 0.664. The molecule has 2 aliphatic heterocycles. The number of fused-ring (bicyclic) bond motifs is 6. The summed E-state index contributed by atoms with van der Waals surface area (Å²) in [5, 5.41) is 1.15. The molecule has 0 aliphatic carbocycles. The Balaban J connectivity index is 1.17. The lowest BCUT2D eigenvalue weighted by atomic mass is 9.98. The zero-order valence-electron chi connectivity index (χ0n) is 24.0. The van der Waals surface area contributed by atoms with Gasteiger partial charge in [0.25, 0.3) is 0 Å². The van der Waals surface area contributed by atoms with E-state index < -0.39 is 0 Å². The molecule has 4 nitrogen and oxygen atoms in total. The van der Waals surface area contributed by atoms with Crippen molar-refractivity contribution in [3.05, 3.63) is 169 Å². The molecule has 4 heteroatoms. The van der Waals surface area contributed by atoms with Gasteiger partial charge in [-0.2, -0.15) is 0 Å². The molecule has 2 atom stereocenters. The molecule has 44 heavy (non-hydrogen) atoms. The number of aliphatic imine (C=N–C) groups is 1. The van der Waals surface area contributed by atoms with Crippen LogP contribution in [-0.2, 0) is 0 Å². The van der Waals surface area contributed by atoms with E-state index in [0.29, 0.717) is 0 Å². The average Bonchev–Trinajstić information content (AvgIpc) is 3.61.